The predicted molar refractivity (Wildman–Crippen MR) is 108 cm³/mol. The van der Waals surface area contributed by atoms with Crippen LogP contribution in [0.1, 0.15) is 5.69 Å². The molecule has 0 aliphatic carbocycles. The van der Waals surface area contributed by atoms with Crippen LogP contribution in [-0.4, -0.2) is 36.6 Å². The number of carbonyl (C=O) groups excluding carboxylic acids is 1. The van der Waals surface area contributed by atoms with E-state index in [-0.39, 0.29) is 31.1 Å². The summed E-state index contributed by atoms with van der Waals surface area (Å²) in [5, 5.41) is 3.92. The van der Waals surface area contributed by atoms with Gasteiger partial charge in [-0.1, -0.05) is 5.16 Å². The minimum atomic E-state index is -0.604. The number of esters is 1. The summed E-state index contributed by atoms with van der Waals surface area (Å²) < 4.78 is 24.8. The second-order valence-electron chi connectivity index (χ2n) is 7.16. The van der Waals surface area contributed by atoms with Gasteiger partial charge in [0, 0.05) is 25.7 Å². The van der Waals surface area contributed by atoms with Crippen molar-refractivity contribution < 1.29 is 23.5 Å². The van der Waals surface area contributed by atoms with Crippen molar-refractivity contribution in [3.8, 4) is 22.8 Å². The van der Waals surface area contributed by atoms with Crippen molar-refractivity contribution >= 4 is 17.1 Å². The number of aromatic nitrogens is 5. The highest BCUT2D eigenvalue weighted by Gasteiger charge is 2.18. The van der Waals surface area contributed by atoms with Crippen LogP contribution in [0.5, 0.6) is 11.5 Å². The summed E-state index contributed by atoms with van der Waals surface area (Å²) in [5.74, 6) is 1.15. The molecule has 4 aromatic rings. The Bertz CT molecular complexity index is 1480. The zero-order valence-corrected chi connectivity index (χ0v) is 17.1. The van der Waals surface area contributed by atoms with E-state index < -0.39 is 17.2 Å². The van der Waals surface area contributed by atoms with Crippen LogP contribution in [0.25, 0.3) is 22.5 Å². The fourth-order valence-corrected chi connectivity index (χ4v) is 3.42. The Labute approximate surface area is 179 Å². The van der Waals surface area contributed by atoms with Crippen molar-refractivity contribution in [2.45, 2.75) is 13.2 Å². The molecule has 0 fully saturated rings. The maximum absolute atomic E-state index is 12.4. The Balaban J connectivity index is 1.28. The third kappa shape index (κ3) is 3.21. The molecule has 0 N–H and O–H groups in total. The average molecular weight is 439 g/mol. The summed E-state index contributed by atoms with van der Waals surface area (Å²) in [7, 11) is 2.87. The van der Waals surface area contributed by atoms with Gasteiger partial charge in [0.05, 0.1) is 6.33 Å². The normalized spacial score (nSPS) is 12.4. The molecule has 3 aromatic heterocycles. The Morgan fingerprint density at radius 3 is 2.78 bits per heavy atom. The third-order valence-corrected chi connectivity index (χ3v) is 5.11. The van der Waals surface area contributed by atoms with Crippen molar-refractivity contribution in [3.63, 3.8) is 0 Å². The second kappa shape index (κ2) is 7.41. The number of nitrogens with zero attached hydrogens (tertiary/aromatic N) is 5. The van der Waals surface area contributed by atoms with E-state index in [1.165, 1.54) is 29.6 Å². The quantitative estimate of drug-likeness (QED) is 0.409. The average Bonchev–Trinajstić information content (AvgIpc) is 3.53. The SMILES string of the molecule is Cn1c(=O)c2c(ncn2CC(=O)OCc2cc(-c3ccc4c(c3)OCO4)on2)n(C)c1=O. The molecule has 12 heteroatoms. The molecule has 5 rings (SSSR count). The maximum atomic E-state index is 12.4. The molecule has 1 aromatic carbocycles. The number of imidazole rings is 1. The van der Waals surface area contributed by atoms with Gasteiger partial charge in [0.2, 0.25) is 6.79 Å². The van der Waals surface area contributed by atoms with E-state index >= 15 is 0 Å². The molecule has 12 nitrogen and oxygen atoms in total. The van der Waals surface area contributed by atoms with Crippen molar-refractivity contribution in [3.05, 3.63) is 57.1 Å². The Morgan fingerprint density at radius 2 is 1.94 bits per heavy atom. The summed E-state index contributed by atoms with van der Waals surface area (Å²) >= 11 is 0. The topological polar surface area (TPSA) is 133 Å². The van der Waals surface area contributed by atoms with Gasteiger partial charge in [0.25, 0.3) is 5.56 Å². The monoisotopic (exact) mass is 439 g/mol. The third-order valence-electron chi connectivity index (χ3n) is 5.11. The molecule has 0 unspecified atom stereocenters. The molecule has 0 bridgehead atoms. The van der Waals surface area contributed by atoms with Crippen LogP contribution in [0.4, 0.5) is 0 Å². The van der Waals surface area contributed by atoms with Crippen molar-refractivity contribution in [2.24, 2.45) is 14.1 Å². The van der Waals surface area contributed by atoms with Gasteiger partial charge in [-0.2, -0.15) is 0 Å². The summed E-state index contributed by atoms with van der Waals surface area (Å²) in [6.07, 6.45) is 1.32. The van der Waals surface area contributed by atoms with E-state index in [0.29, 0.717) is 23.0 Å². The lowest BCUT2D eigenvalue weighted by Gasteiger charge is -2.06. The van der Waals surface area contributed by atoms with Crippen molar-refractivity contribution in [1.29, 1.82) is 0 Å². The molecule has 0 radical (unpaired) electrons. The number of fused-ring (bicyclic) bond motifs is 2. The highest BCUT2D eigenvalue weighted by Crippen LogP contribution is 2.36. The molecular formula is C20H17N5O7. The molecule has 0 saturated carbocycles. The molecule has 0 spiro atoms. The highest BCUT2D eigenvalue weighted by atomic mass is 16.7. The first-order valence-corrected chi connectivity index (χ1v) is 9.54. The molecule has 4 heterocycles. The maximum Gasteiger partial charge on any atom is 0.332 e. The molecule has 0 saturated heterocycles. The van der Waals surface area contributed by atoms with Gasteiger partial charge < -0.3 is 23.3 Å². The smallest absolute Gasteiger partial charge is 0.332 e. The van der Waals surface area contributed by atoms with Crippen LogP contribution in [0.15, 0.2) is 44.7 Å². The lowest BCUT2D eigenvalue weighted by Crippen LogP contribution is -2.37. The van der Waals surface area contributed by atoms with E-state index in [9.17, 15) is 14.4 Å². The van der Waals surface area contributed by atoms with Gasteiger partial charge >= 0.3 is 11.7 Å². The largest absolute Gasteiger partial charge is 0.458 e. The summed E-state index contributed by atoms with van der Waals surface area (Å²) in [4.78, 5) is 40.9. The van der Waals surface area contributed by atoms with E-state index in [4.69, 9.17) is 18.7 Å². The molecule has 32 heavy (non-hydrogen) atoms. The Kier molecular flexibility index (Phi) is 4.54. The number of carbonyl (C=O) groups is 1. The minimum Gasteiger partial charge on any atom is -0.458 e. The minimum absolute atomic E-state index is 0.115. The van der Waals surface area contributed by atoms with Gasteiger partial charge in [-0.25, -0.2) is 9.78 Å². The zero-order valence-electron chi connectivity index (χ0n) is 17.1. The number of rotatable bonds is 5. The van der Waals surface area contributed by atoms with Gasteiger partial charge in [-0.3, -0.25) is 18.7 Å². The van der Waals surface area contributed by atoms with Gasteiger partial charge in [-0.05, 0) is 18.2 Å². The lowest BCUT2D eigenvalue weighted by atomic mass is 10.1. The van der Waals surface area contributed by atoms with Crippen LogP contribution in [0.3, 0.4) is 0 Å². The fourth-order valence-electron chi connectivity index (χ4n) is 3.42. The summed E-state index contributed by atoms with van der Waals surface area (Å²) in [6, 6.07) is 7.01. The lowest BCUT2D eigenvalue weighted by molar-refractivity contribution is -0.145. The van der Waals surface area contributed by atoms with Crippen LogP contribution >= 0.6 is 0 Å². The van der Waals surface area contributed by atoms with Crippen molar-refractivity contribution in [1.82, 2.24) is 23.8 Å². The first-order chi connectivity index (χ1) is 15.4. The first kappa shape index (κ1) is 19.6. The molecule has 0 amide bonds. The standard InChI is InChI=1S/C20H17N5O7/c1-23-18-17(19(27)24(2)20(23)28)25(9-21-18)7-16(26)29-8-12-6-14(32-22-12)11-3-4-13-15(5-11)31-10-30-13/h3-6,9H,7-8,10H2,1-2H3. The number of aryl methyl sites for hydroxylation is 1. The zero-order chi connectivity index (χ0) is 22.4. The number of hydrogen-bond donors (Lipinski definition) is 0. The second-order valence-corrected chi connectivity index (χ2v) is 7.16. The van der Waals surface area contributed by atoms with E-state index in [1.807, 2.05) is 6.07 Å². The number of ether oxygens (including phenoxy) is 3. The predicted octanol–water partition coefficient (Wildman–Crippen LogP) is 0.561. The van der Waals surface area contributed by atoms with Crippen LogP contribution in [-0.2, 0) is 36.8 Å². The fraction of sp³-hybridized carbons (Fsp3) is 0.250. The van der Waals surface area contributed by atoms with Gasteiger partial charge in [0.1, 0.15) is 18.8 Å². The van der Waals surface area contributed by atoms with E-state index in [2.05, 4.69) is 10.1 Å². The summed E-state index contributed by atoms with van der Waals surface area (Å²) in [5.41, 5.74) is 0.442. The Hall–Kier alpha value is -4.35. The molecule has 0 atom stereocenters. The van der Waals surface area contributed by atoms with E-state index in [1.54, 1.807) is 18.2 Å². The van der Waals surface area contributed by atoms with Crippen LogP contribution in [0, 0.1) is 0 Å². The first-order valence-electron chi connectivity index (χ1n) is 9.54. The molecule has 164 valence electrons. The van der Waals surface area contributed by atoms with Gasteiger partial charge in [0.15, 0.2) is 28.4 Å². The molecule has 1 aliphatic heterocycles. The Morgan fingerprint density at radius 1 is 1.12 bits per heavy atom. The number of hydrogen-bond acceptors (Lipinski definition) is 9. The highest BCUT2D eigenvalue weighted by molar-refractivity contribution is 5.75. The van der Waals surface area contributed by atoms with Crippen molar-refractivity contribution in [2.75, 3.05) is 6.79 Å². The van der Waals surface area contributed by atoms with Crippen LogP contribution in [0.2, 0.25) is 0 Å². The molecular weight excluding hydrogens is 422 g/mol. The van der Waals surface area contributed by atoms with Gasteiger partial charge in [-0.15, -0.1) is 0 Å². The molecule has 1 aliphatic rings. The number of benzene rings is 1. The van der Waals surface area contributed by atoms with Crippen LogP contribution < -0.4 is 20.7 Å². The van der Waals surface area contributed by atoms with E-state index in [0.717, 1.165) is 10.1 Å². The summed E-state index contributed by atoms with van der Waals surface area (Å²) in [6.45, 7) is -0.197.